The number of hydrogen-bond donors (Lipinski definition) is 1. The predicted octanol–water partition coefficient (Wildman–Crippen LogP) is 0.735. The Labute approximate surface area is 38.0 Å². The Morgan fingerprint density at radius 3 is 2.33 bits per heavy atom. The molecule has 1 aliphatic carbocycles. The quantitative estimate of drug-likeness (QED) is 0.460. The highest BCUT2D eigenvalue weighted by molar-refractivity contribution is 5.02. The van der Waals surface area contributed by atoms with Gasteiger partial charge < -0.3 is 5.11 Å². The van der Waals surface area contributed by atoms with Crippen LogP contribution in [0.25, 0.3) is 0 Å². The van der Waals surface area contributed by atoms with Crippen molar-refractivity contribution in [3.05, 3.63) is 5.92 Å². The summed E-state index contributed by atoms with van der Waals surface area (Å²) < 4.78 is 0. The fourth-order valence-corrected chi connectivity index (χ4v) is 0.562. The molecule has 0 heterocycles. The number of aliphatic hydroxyl groups is 1. The Bertz CT molecular complexity index is 43.9. The van der Waals surface area contributed by atoms with Crippen LogP contribution < -0.4 is 0 Å². The molecular formula is C5H9O. The van der Waals surface area contributed by atoms with Crippen LogP contribution in [0, 0.1) is 5.92 Å². The van der Waals surface area contributed by atoms with E-state index in [0.29, 0.717) is 0 Å². The van der Waals surface area contributed by atoms with Gasteiger partial charge in [-0.25, -0.2) is 0 Å². The van der Waals surface area contributed by atoms with Crippen LogP contribution in [-0.4, -0.2) is 11.2 Å². The largest absolute Gasteiger partial charge is 0.393 e. The van der Waals surface area contributed by atoms with Crippen LogP contribution in [0.4, 0.5) is 0 Å². The monoisotopic (exact) mass is 85.1 g/mol. The highest BCUT2D eigenvalue weighted by Crippen LogP contribution is 2.27. The maximum atomic E-state index is 8.68. The second kappa shape index (κ2) is 1.23. The summed E-state index contributed by atoms with van der Waals surface area (Å²) >= 11 is 0. The molecule has 0 aliphatic heterocycles. The summed E-state index contributed by atoms with van der Waals surface area (Å²) in [5.41, 5.74) is 0. The molecule has 1 heteroatoms. The van der Waals surface area contributed by atoms with E-state index in [-0.39, 0.29) is 6.10 Å². The molecule has 1 atom stereocenters. The first-order chi connectivity index (χ1) is 2.80. The molecule has 1 saturated carbocycles. The number of aliphatic hydroxyl groups excluding tert-OH is 1. The van der Waals surface area contributed by atoms with Gasteiger partial charge in [-0.05, 0) is 12.8 Å². The number of hydrogen-bond acceptors (Lipinski definition) is 1. The average Bonchev–Trinajstić information content (AvgIpc) is 1.61. The van der Waals surface area contributed by atoms with Crippen molar-refractivity contribution in [1.29, 1.82) is 0 Å². The normalized spacial score (nSPS) is 36.0. The minimum atomic E-state index is -0.0509. The van der Waals surface area contributed by atoms with Crippen molar-refractivity contribution in [2.45, 2.75) is 25.9 Å². The van der Waals surface area contributed by atoms with Crippen LogP contribution in [-0.2, 0) is 0 Å². The third-order valence-electron chi connectivity index (χ3n) is 1.38. The Morgan fingerprint density at radius 1 is 1.83 bits per heavy atom. The highest BCUT2D eigenvalue weighted by Gasteiger charge is 2.23. The van der Waals surface area contributed by atoms with Gasteiger partial charge in [0.05, 0.1) is 6.10 Å². The summed E-state index contributed by atoms with van der Waals surface area (Å²) in [5, 5.41) is 8.68. The Kier molecular flexibility index (Phi) is 0.845. The molecule has 1 nitrogen and oxygen atoms in total. The summed E-state index contributed by atoms with van der Waals surface area (Å²) in [6.45, 7) is 1.99. The molecule has 0 amide bonds. The number of rotatable bonds is 0. The van der Waals surface area contributed by atoms with Gasteiger partial charge in [0.15, 0.2) is 0 Å². The fraction of sp³-hybridized carbons (Fsp3) is 0.800. The van der Waals surface area contributed by atoms with Crippen LogP contribution >= 0.6 is 0 Å². The maximum absolute atomic E-state index is 8.68. The molecular weight excluding hydrogens is 76.1 g/mol. The van der Waals surface area contributed by atoms with E-state index in [1.165, 1.54) is 5.92 Å². The van der Waals surface area contributed by atoms with Crippen molar-refractivity contribution in [3.8, 4) is 0 Å². The van der Waals surface area contributed by atoms with Gasteiger partial charge in [-0.2, -0.15) is 0 Å². The van der Waals surface area contributed by atoms with Crippen LogP contribution in [0.1, 0.15) is 19.8 Å². The molecule has 0 aromatic rings. The Balaban J connectivity index is 2.20. The minimum Gasteiger partial charge on any atom is -0.393 e. The summed E-state index contributed by atoms with van der Waals surface area (Å²) in [5.74, 6) is 1.25. The zero-order valence-electron chi connectivity index (χ0n) is 3.94. The van der Waals surface area contributed by atoms with Crippen LogP contribution in [0.2, 0.25) is 0 Å². The second-order valence-electron chi connectivity index (χ2n) is 1.90. The first kappa shape index (κ1) is 4.13. The van der Waals surface area contributed by atoms with E-state index in [0.717, 1.165) is 12.8 Å². The average molecular weight is 85.1 g/mol. The lowest BCUT2D eigenvalue weighted by Gasteiger charge is -2.27. The third-order valence-corrected chi connectivity index (χ3v) is 1.38. The zero-order valence-corrected chi connectivity index (χ0v) is 3.94. The standard InChI is InChI=1S/C5H9O/c1-4-2-3-5(4)6/h5-6H,2-3H2,1H3. The van der Waals surface area contributed by atoms with Crippen molar-refractivity contribution in [1.82, 2.24) is 0 Å². The fourth-order valence-electron chi connectivity index (χ4n) is 0.562. The summed E-state index contributed by atoms with van der Waals surface area (Å²) in [7, 11) is 0. The molecule has 1 radical (unpaired) electrons. The highest BCUT2D eigenvalue weighted by atomic mass is 16.3. The molecule has 1 unspecified atom stereocenters. The first-order valence-corrected chi connectivity index (χ1v) is 2.31. The van der Waals surface area contributed by atoms with E-state index < -0.39 is 0 Å². The van der Waals surface area contributed by atoms with E-state index in [2.05, 4.69) is 0 Å². The van der Waals surface area contributed by atoms with E-state index in [1.54, 1.807) is 0 Å². The topological polar surface area (TPSA) is 20.2 Å². The van der Waals surface area contributed by atoms with Crippen molar-refractivity contribution in [3.63, 3.8) is 0 Å². The van der Waals surface area contributed by atoms with Gasteiger partial charge >= 0.3 is 0 Å². The van der Waals surface area contributed by atoms with Gasteiger partial charge in [0.1, 0.15) is 0 Å². The van der Waals surface area contributed by atoms with Crippen LogP contribution in [0.15, 0.2) is 0 Å². The molecule has 1 aliphatic rings. The third kappa shape index (κ3) is 0.432. The van der Waals surface area contributed by atoms with Crippen molar-refractivity contribution in [2.24, 2.45) is 0 Å². The Hall–Kier alpha value is -0.0400. The molecule has 0 spiro atoms. The first-order valence-electron chi connectivity index (χ1n) is 2.31. The molecule has 0 saturated heterocycles. The van der Waals surface area contributed by atoms with E-state index in [4.69, 9.17) is 5.11 Å². The molecule has 1 rings (SSSR count). The SMILES string of the molecule is C[C]1CCC1O. The van der Waals surface area contributed by atoms with Gasteiger partial charge in [-0.3, -0.25) is 0 Å². The van der Waals surface area contributed by atoms with Crippen LogP contribution in [0.3, 0.4) is 0 Å². The molecule has 1 fully saturated rings. The molecule has 35 valence electrons. The van der Waals surface area contributed by atoms with Crippen LogP contribution in [0.5, 0.6) is 0 Å². The van der Waals surface area contributed by atoms with E-state index in [1.807, 2.05) is 6.92 Å². The van der Waals surface area contributed by atoms with Gasteiger partial charge in [-0.1, -0.05) is 6.92 Å². The van der Waals surface area contributed by atoms with Gasteiger partial charge in [0.2, 0.25) is 0 Å². The lowest BCUT2D eigenvalue weighted by atomic mass is 9.84. The van der Waals surface area contributed by atoms with E-state index >= 15 is 0 Å². The summed E-state index contributed by atoms with van der Waals surface area (Å²) in [6, 6.07) is 0. The van der Waals surface area contributed by atoms with Crippen molar-refractivity contribution < 1.29 is 5.11 Å². The summed E-state index contributed by atoms with van der Waals surface area (Å²) in [4.78, 5) is 0. The maximum Gasteiger partial charge on any atom is 0.0600 e. The Morgan fingerprint density at radius 2 is 2.33 bits per heavy atom. The summed E-state index contributed by atoms with van der Waals surface area (Å²) in [6.07, 6.45) is 2.08. The van der Waals surface area contributed by atoms with Crippen molar-refractivity contribution >= 4 is 0 Å². The molecule has 6 heavy (non-hydrogen) atoms. The molecule has 0 aromatic heterocycles. The predicted molar refractivity (Wildman–Crippen MR) is 24.2 cm³/mol. The van der Waals surface area contributed by atoms with Gasteiger partial charge in [-0.15, -0.1) is 0 Å². The molecule has 0 aromatic carbocycles. The molecule has 0 bridgehead atoms. The lowest BCUT2D eigenvalue weighted by molar-refractivity contribution is 0.123. The molecule has 1 N–H and O–H groups in total. The minimum absolute atomic E-state index is 0.0509. The lowest BCUT2D eigenvalue weighted by Crippen LogP contribution is -2.25. The smallest absolute Gasteiger partial charge is 0.0600 e. The van der Waals surface area contributed by atoms with E-state index in [9.17, 15) is 0 Å². The second-order valence-corrected chi connectivity index (χ2v) is 1.90. The van der Waals surface area contributed by atoms with Gasteiger partial charge in [0, 0.05) is 5.92 Å². The zero-order chi connectivity index (χ0) is 4.57. The van der Waals surface area contributed by atoms with Crippen molar-refractivity contribution in [2.75, 3.05) is 0 Å². The van der Waals surface area contributed by atoms with Gasteiger partial charge in [0.25, 0.3) is 0 Å².